The lowest BCUT2D eigenvalue weighted by molar-refractivity contribution is 0.336. The minimum Gasteiger partial charge on any atom is -0.494 e. The zero-order chi connectivity index (χ0) is 21.4. The second kappa shape index (κ2) is 8.17. The van der Waals surface area contributed by atoms with Gasteiger partial charge in [-0.3, -0.25) is 0 Å². The summed E-state index contributed by atoms with van der Waals surface area (Å²) in [5, 5.41) is 11.6. The van der Waals surface area contributed by atoms with Crippen molar-refractivity contribution in [2.75, 3.05) is 31.7 Å². The number of aromatic nitrogens is 3. The van der Waals surface area contributed by atoms with Crippen LogP contribution in [0.5, 0.6) is 11.5 Å². The lowest BCUT2D eigenvalue weighted by Gasteiger charge is -2.31. The quantitative estimate of drug-likeness (QED) is 0.595. The number of hydrogen-bond acceptors (Lipinski definition) is 5. The summed E-state index contributed by atoms with van der Waals surface area (Å²) in [6.45, 7) is 13.4. The van der Waals surface area contributed by atoms with Crippen LogP contribution in [-0.2, 0) is 0 Å². The lowest BCUT2D eigenvalue weighted by Crippen LogP contribution is -2.33. The van der Waals surface area contributed by atoms with Crippen molar-refractivity contribution in [2.24, 2.45) is 5.92 Å². The molecule has 3 aromatic rings. The van der Waals surface area contributed by atoms with Crippen molar-refractivity contribution >= 4 is 16.6 Å². The standard InChI is InChI=1S/C24H32N4O2/c1-7-30-19-8-9-20(21(14-19)29-6)28-17(4)22-16(3)25-26-24(23(22)18(28)5)27-12-10-15(2)11-13-27/h8-9,14-15H,7,10-13H2,1-6H3. The van der Waals surface area contributed by atoms with Gasteiger partial charge < -0.3 is 18.9 Å². The molecule has 0 saturated carbocycles. The normalized spacial score (nSPS) is 15.1. The number of hydrogen-bond donors (Lipinski definition) is 0. The highest BCUT2D eigenvalue weighted by Crippen LogP contribution is 2.39. The smallest absolute Gasteiger partial charge is 0.161 e. The van der Waals surface area contributed by atoms with Crippen LogP contribution in [-0.4, -0.2) is 41.6 Å². The molecule has 1 fully saturated rings. The van der Waals surface area contributed by atoms with Crippen molar-refractivity contribution in [1.29, 1.82) is 0 Å². The van der Waals surface area contributed by atoms with Crippen LogP contribution < -0.4 is 14.4 Å². The van der Waals surface area contributed by atoms with Gasteiger partial charge >= 0.3 is 0 Å². The predicted molar refractivity (Wildman–Crippen MR) is 121 cm³/mol. The highest BCUT2D eigenvalue weighted by atomic mass is 16.5. The average molecular weight is 409 g/mol. The van der Waals surface area contributed by atoms with Crippen molar-refractivity contribution in [3.05, 3.63) is 35.3 Å². The van der Waals surface area contributed by atoms with Gasteiger partial charge in [-0.05, 0) is 58.6 Å². The molecule has 1 aliphatic rings. The summed E-state index contributed by atoms with van der Waals surface area (Å²) in [6.07, 6.45) is 2.39. The van der Waals surface area contributed by atoms with Crippen LogP contribution in [0.3, 0.4) is 0 Å². The predicted octanol–water partition coefficient (Wildman–Crippen LogP) is 4.99. The fourth-order valence-corrected chi connectivity index (χ4v) is 4.68. The fourth-order valence-electron chi connectivity index (χ4n) is 4.68. The molecule has 30 heavy (non-hydrogen) atoms. The number of rotatable bonds is 5. The Morgan fingerprint density at radius 2 is 1.73 bits per heavy atom. The largest absolute Gasteiger partial charge is 0.494 e. The van der Waals surface area contributed by atoms with Crippen molar-refractivity contribution in [2.45, 2.75) is 47.5 Å². The van der Waals surface area contributed by atoms with Crippen LogP contribution in [0, 0.1) is 26.7 Å². The molecule has 6 heteroatoms. The topological polar surface area (TPSA) is 52.4 Å². The maximum absolute atomic E-state index is 5.74. The van der Waals surface area contributed by atoms with Crippen LogP contribution in [0.4, 0.5) is 5.82 Å². The first-order valence-corrected chi connectivity index (χ1v) is 10.9. The van der Waals surface area contributed by atoms with Gasteiger partial charge in [0.25, 0.3) is 0 Å². The fraction of sp³-hybridized carbons (Fsp3) is 0.500. The van der Waals surface area contributed by atoms with Crippen LogP contribution >= 0.6 is 0 Å². The van der Waals surface area contributed by atoms with E-state index in [0.29, 0.717) is 6.61 Å². The van der Waals surface area contributed by atoms with Gasteiger partial charge in [0.15, 0.2) is 5.82 Å². The number of nitrogens with zero attached hydrogens (tertiary/aromatic N) is 4. The highest BCUT2D eigenvalue weighted by Gasteiger charge is 2.25. The Hall–Kier alpha value is -2.76. The Bertz CT molecular complexity index is 1060. The maximum Gasteiger partial charge on any atom is 0.161 e. The molecule has 2 aromatic heterocycles. The van der Waals surface area contributed by atoms with Gasteiger partial charge in [-0.25, -0.2) is 0 Å². The molecule has 1 saturated heterocycles. The number of methoxy groups -OCH3 is 1. The van der Waals surface area contributed by atoms with E-state index in [1.165, 1.54) is 23.6 Å². The van der Waals surface area contributed by atoms with Crippen molar-refractivity contribution < 1.29 is 9.47 Å². The monoisotopic (exact) mass is 408 g/mol. The molecule has 1 aliphatic heterocycles. The molecule has 0 unspecified atom stereocenters. The minimum atomic E-state index is 0.627. The molecule has 0 radical (unpaired) electrons. The van der Waals surface area contributed by atoms with Gasteiger partial charge in [0.2, 0.25) is 0 Å². The molecule has 1 aromatic carbocycles. The van der Waals surface area contributed by atoms with Crippen molar-refractivity contribution in [1.82, 2.24) is 14.8 Å². The molecular weight excluding hydrogens is 376 g/mol. The maximum atomic E-state index is 5.74. The molecule has 0 atom stereocenters. The second-order valence-corrected chi connectivity index (χ2v) is 8.30. The van der Waals surface area contributed by atoms with Gasteiger partial charge in [-0.1, -0.05) is 6.92 Å². The van der Waals surface area contributed by atoms with Crippen LogP contribution in [0.1, 0.15) is 43.8 Å². The Morgan fingerprint density at radius 3 is 2.40 bits per heavy atom. The first-order chi connectivity index (χ1) is 14.5. The van der Waals surface area contributed by atoms with Crippen LogP contribution in [0.2, 0.25) is 0 Å². The second-order valence-electron chi connectivity index (χ2n) is 8.30. The SMILES string of the molecule is CCOc1ccc(-n2c(C)c3c(C)nnc(N4CCC(C)CC4)c3c2C)c(OC)c1. The molecular formula is C24H32N4O2. The first kappa shape index (κ1) is 20.5. The lowest BCUT2D eigenvalue weighted by atomic mass is 9.99. The van der Waals surface area contributed by atoms with Gasteiger partial charge in [0.05, 0.1) is 25.1 Å². The Labute approximate surface area is 178 Å². The summed E-state index contributed by atoms with van der Waals surface area (Å²) in [4.78, 5) is 2.40. The summed E-state index contributed by atoms with van der Waals surface area (Å²) in [7, 11) is 1.71. The molecule has 0 N–H and O–H groups in total. The number of anilines is 1. The van der Waals surface area contributed by atoms with Crippen LogP contribution in [0.25, 0.3) is 16.5 Å². The molecule has 4 rings (SSSR count). The van der Waals surface area contributed by atoms with E-state index in [0.717, 1.165) is 59.1 Å². The highest BCUT2D eigenvalue weighted by molar-refractivity contribution is 5.99. The number of ether oxygens (including phenoxy) is 2. The van der Waals surface area contributed by atoms with E-state index in [2.05, 4.69) is 46.5 Å². The Morgan fingerprint density at radius 1 is 1.03 bits per heavy atom. The Kier molecular flexibility index (Phi) is 5.58. The van der Waals surface area contributed by atoms with E-state index in [4.69, 9.17) is 9.47 Å². The first-order valence-electron chi connectivity index (χ1n) is 10.9. The molecule has 0 amide bonds. The third-order valence-electron chi connectivity index (χ3n) is 6.31. The van der Waals surface area contributed by atoms with E-state index in [-0.39, 0.29) is 0 Å². The van der Waals surface area contributed by atoms with E-state index >= 15 is 0 Å². The summed E-state index contributed by atoms with van der Waals surface area (Å²) in [6, 6.07) is 6.03. The van der Waals surface area contributed by atoms with Crippen molar-refractivity contribution in [3.8, 4) is 17.2 Å². The van der Waals surface area contributed by atoms with Crippen LogP contribution in [0.15, 0.2) is 18.2 Å². The van der Waals surface area contributed by atoms with E-state index in [9.17, 15) is 0 Å². The molecule has 0 spiro atoms. The molecule has 160 valence electrons. The molecule has 0 bridgehead atoms. The van der Waals surface area contributed by atoms with E-state index < -0.39 is 0 Å². The van der Waals surface area contributed by atoms with E-state index in [1.54, 1.807) is 7.11 Å². The number of fused-ring (bicyclic) bond motifs is 1. The van der Waals surface area contributed by atoms with Gasteiger partial charge in [0, 0.05) is 41.3 Å². The molecule has 0 aliphatic carbocycles. The van der Waals surface area contributed by atoms with Gasteiger partial charge in [-0.2, -0.15) is 5.10 Å². The molecule has 3 heterocycles. The summed E-state index contributed by atoms with van der Waals surface area (Å²) in [5.74, 6) is 3.38. The third-order valence-corrected chi connectivity index (χ3v) is 6.31. The Balaban J connectivity index is 1.91. The summed E-state index contributed by atoms with van der Waals surface area (Å²) >= 11 is 0. The van der Waals surface area contributed by atoms with E-state index in [1.807, 2.05) is 26.0 Å². The number of benzene rings is 1. The summed E-state index contributed by atoms with van der Waals surface area (Å²) < 4.78 is 13.7. The number of piperidine rings is 1. The van der Waals surface area contributed by atoms with Gasteiger partial charge in [0.1, 0.15) is 11.5 Å². The zero-order valence-electron chi connectivity index (χ0n) is 19.0. The van der Waals surface area contributed by atoms with Crippen molar-refractivity contribution in [3.63, 3.8) is 0 Å². The average Bonchev–Trinajstić information content (AvgIpc) is 3.01. The number of aryl methyl sites for hydroxylation is 3. The molecule has 6 nitrogen and oxygen atoms in total. The minimum absolute atomic E-state index is 0.627. The third kappa shape index (κ3) is 3.38. The zero-order valence-corrected chi connectivity index (χ0v) is 19.0. The van der Waals surface area contributed by atoms with Gasteiger partial charge in [-0.15, -0.1) is 5.10 Å². The summed E-state index contributed by atoms with van der Waals surface area (Å²) in [5.41, 5.74) is 4.29.